The number of hydrogen-bond acceptors (Lipinski definition) is 3. The topological polar surface area (TPSA) is 60.9 Å². The van der Waals surface area contributed by atoms with Crippen molar-refractivity contribution in [3.8, 4) is 0 Å². The zero-order valence-electron chi connectivity index (χ0n) is 14.2. The fraction of sp³-hybridized carbons (Fsp3) is 0.579. The van der Waals surface area contributed by atoms with Gasteiger partial charge in [0.1, 0.15) is 5.41 Å². The Morgan fingerprint density at radius 1 is 1.16 bits per heavy atom. The predicted octanol–water partition coefficient (Wildman–Crippen LogP) is 2.49. The van der Waals surface area contributed by atoms with Crippen molar-refractivity contribution in [1.29, 1.82) is 0 Å². The van der Waals surface area contributed by atoms with Crippen molar-refractivity contribution in [2.45, 2.75) is 25.8 Å². The summed E-state index contributed by atoms with van der Waals surface area (Å²) in [7, 11) is 0. The van der Waals surface area contributed by atoms with E-state index in [4.69, 9.17) is 11.6 Å². The van der Waals surface area contributed by atoms with Gasteiger partial charge in [0.2, 0.25) is 5.91 Å². The lowest BCUT2D eigenvalue weighted by atomic mass is 9.81. The Labute approximate surface area is 152 Å². The van der Waals surface area contributed by atoms with E-state index in [1.165, 1.54) is 0 Å². The van der Waals surface area contributed by atoms with Gasteiger partial charge < -0.3 is 10.0 Å². The lowest BCUT2D eigenvalue weighted by molar-refractivity contribution is -0.149. The number of benzene rings is 1. The van der Waals surface area contributed by atoms with E-state index in [1.54, 1.807) is 0 Å². The first kappa shape index (κ1) is 16.9. The minimum absolute atomic E-state index is 0.0151. The van der Waals surface area contributed by atoms with Crippen LogP contribution in [-0.4, -0.2) is 53.0 Å². The molecule has 2 saturated heterocycles. The number of hydrogen-bond donors (Lipinski definition) is 1. The molecule has 2 aliphatic heterocycles. The first-order chi connectivity index (χ1) is 12.0. The molecule has 2 heterocycles. The number of halogens is 1. The highest BCUT2D eigenvalue weighted by atomic mass is 35.5. The van der Waals surface area contributed by atoms with E-state index in [2.05, 4.69) is 4.90 Å². The standard InChI is InChI=1S/C19H23ClN2O3/c20-16-6-4-13(5-7-16)8-21-9-15-10-22(17(23)14-2-1-3-14)12-19(15,11-21)18(24)25/h4-7,14-15H,1-3,8-12H2,(H,24,25)/t15-,19-/m1/s1. The van der Waals surface area contributed by atoms with Gasteiger partial charge in [0.05, 0.1) is 0 Å². The molecule has 1 saturated carbocycles. The van der Waals surface area contributed by atoms with Crippen molar-refractivity contribution in [3.63, 3.8) is 0 Å². The van der Waals surface area contributed by atoms with E-state index in [9.17, 15) is 14.7 Å². The van der Waals surface area contributed by atoms with E-state index in [0.29, 0.717) is 24.7 Å². The summed E-state index contributed by atoms with van der Waals surface area (Å²) in [5, 5.41) is 10.6. The first-order valence-corrected chi connectivity index (χ1v) is 9.35. The molecule has 3 aliphatic rings. The minimum Gasteiger partial charge on any atom is -0.481 e. The molecule has 0 radical (unpaired) electrons. The van der Waals surface area contributed by atoms with E-state index in [0.717, 1.165) is 37.9 Å². The van der Waals surface area contributed by atoms with E-state index in [-0.39, 0.29) is 17.7 Å². The Hall–Kier alpha value is -1.59. The SMILES string of the molecule is O=C(C1CCC1)N1C[C@H]2CN(Cc3ccc(Cl)cc3)C[C@@]2(C(=O)O)C1. The van der Waals surface area contributed by atoms with Crippen LogP contribution in [-0.2, 0) is 16.1 Å². The Morgan fingerprint density at radius 2 is 1.88 bits per heavy atom. The Morgan fingerprint density at radius 3 is 2.44 bits per heavy atom. The average Bonchev–Trinajstić information content (AvgIpc) is 3.02. The molecular formula is C19H23ClN2O3. The normalized spacial score (nSPS) is 29.5. The van der Waals surface area contributed by atoms with E-state index in [1.807, 2.05) is 29.2 Å². The maximum Gasteiger partial charge on any atom is 0.313 e. The van der Waals surface area contributed by atoms with E-state index < -0.39 is 11.4 Å². The molecule has 0 spiro atoms. The molecule has 134 valence electrons. The molecular weight excluding hydrogens is 340 g/mol. The molecule has 1 aliphatic carbocycles. The molecule has 1 aromatic rings. The molecule has 5 nitrogen and oxygen atoms in total. The summed E-state index contributed by atoms with van der Waals surface area (Å²) in [6, 6.07) is 7.69. The Kier molecular flexibility index (Phi) is 4.24. The molecule has 1 aromatic carbocycles. The monoisotopic (exact) mass is 362 g/mol. The summed E-state index contributed by atoms with van der Waals surface area (Å²) in [6.07, 6.45) is 3.04. The third kappa shape index (κ3) is 2.93. The molecule has 2 atom stereocenters. The van der Waals surface area contributed by atoms with Crippen LogP contribution in [0.2, 0.25) is 5.02 Å². The number of carbonyl (C=O) groups is 2. The molecule has 4 rings (SSSR count). The van der Waals surface area contributed by atoms with Gasteiger partial charge in [-0.1, -0.05) is 30.2 Å². The van der Waals surface area contributed by atoms with Crippen molar-refractivity contribution in [3.05, 3.63) is 34.9 Å². The first-order valence-electron chi connectivity index (χ1n) is 8.97. The summed E-state index contributed by atoms with van der Waals surface area (Å²) in [5.41, 5.74) is 0.318. The zero-order chi connectivity index (χ0) is 17.6. The van der Waals surface area contributed by atoms with Crippen LogP contribution < -0.4 is 0 Å². The molecule has 3 fully saturated rings. The van der Waals surface area contributed by atoms with Gasteiger partial charge in [0.25, 0.3) is 0 Å². The molecule has 1 N–H and O–H groups in total. The Bertz CT molecular complexity index is 688. The number of likely N-dealkylation sites (tertiary alicyclic amines) is 2. The largest absolute Gasteiger partial charge is 0.481 e. The summed E-state index contributed by atoms with van der Waals surface area (Å²) in [5.74, 6) is -0.443. The number of carboxylic acids is 1. The number of aliphatic carboxylic acids is 1. The van der Waals surface area contributed by atoms with Gasteiger partial charge in [-0.3, -0.25) is 14.5 Å². The molecule has 0 aromatic heterocycles. The van der Waals surface area contributed by atoms with Gasteiger partial charge in [-0.05, 0) is 30.5 Å². The van der Waals surface area contributed by atoms with Gasteiger partial charge in [-0.25, -0.2) is 0 Å². The van der Waals surface area contributed by atoms with Crippen LogP contribution in [0.4, 0.5) is 0 Å². The van der Waals surface area contributed by atoms with Gasteiger partial charge in [0, 0.05) is 49.6 Å². The average molecular weight is 363 g/mol. The third-order valence-corrected chi connectivity index (χ3v) is 6.44. The van der Waals surface area contributed by atoms with E-state index >= 15 is 0 Å². The fourth-order valence-corrected chi connectivity index (χ4v) is 4.65. The third-order valence-electron chi connectivity index (χ3n) is 6.19. The summed E-state index contributed by atoms with van der Waals surface area (Å²) >= 11 is 5.93. The number of rotatable bonds is 4. The predicted molar refractivity (Wildman–Crippen MR) is 94.2 cm³/mol. The van der Waals surface area contributed by atoms with Crippen LogP contribution in [0.15, 0.2) is 24.3 Å². The van der Waals surface area contributed by atoms with Crippen molar-refractivity contribution < 1.29 is 14.7 Å². The Balaban J connectivity index is 1.46. The van der Waals surface area contributed by atoms with Gasteiger partial charge >= 0.3 is 5.97 Å². The van der Waals surface area contributed by atoms with Crippen LogP contribution in [0.5, 0.6) is 0 Å². The second-order valence-corrected chi connectivity index (χ2v) is 8.24. The zero-order valence-corrected chi connectivity index (χ0v) is 14.9. The molecule has 0 unspecified atom stereocenters. The van der Waals surface area contributed by atoms with Gasteiger partial charge in [-0.15, -0.1) is 0 Å². The second-order valence-electron chi connectivity index (χ2n) is 7.80. The number of amides is 1. The smallest absolute Gasteiger partial charge is 0.313 e. The number of carboxylic acid groups (broad SMARTS) is 1. The number of nitrogens with zero attached hydrogens (tertiary/aromatic N) is 2. The maximum absolute atomic E-state index is 12.5. The van der Waals surface area contributed by atoms with Crippen LogP contribution in [0.3, 0.4) is 0 Å². The number of fused-ring (bicyclic) bond motifs is 1. The molecule has 6 heteroatoms. The highest BCUT2D eigenvalue weighted by molar-refractivity contribution is 6.30. The lowest BCUT2D eigenvalue weighted by Gasteiger charge is -2.31. The van der Waals surface area contributed by atoms with Crippen molar-refractivity contribution in [1.82, 2.24) is 9.80 Å². The highest BCUT2D eigenvalue weighted by Crippen LogP contribution is 2.44. The summed E-state index contributed by atoms with van der Waals surface area (Å²) < 4.78 is 0. The van der Waals surface area contributed by atoms with Crippen molar-refractivity contribution >= 4 is 23.5 Å². The fourth-order valence-electron chi connectivity index (χ4n) is 4.52. The van der Waals surface area contributed by atoms with Gasteiger partial charge in [0.15, 0.2) is 0 Å². The summed E-state index contributed by atoms with van der Waals surface area (Å²) in [6.45, 7) is 2.89. The number of carbonyl (C=O) groups excluding carboxylic acids is 1. The van der Waals surface area contributed by atoms with Crippen LogP contribution in [0, 0.1) is 17.3 Å². The molecule has 1 amide bonds. The second kappa shape index (κ2) is 6.29. The maximum atomic E-state index is 12.5. The van der Waals surface area contributed by atoms with Crippen LogP contribution in [0.25, 0.3) is 0 Å². The van der Waals surface area contributed by atoms with Crippen molar-refractivity contribution in [2.75, 3.05) is 26.2 Å². The van der Waals surface area contributed by atoms with Crippen LogP contribution >= 0.6 is 11.6 Å². The minimum atomic E-state index is -0.814. The molecule has 0 bridgehead atoms. The van der Waals surface area contributed by atoms with Crippen LogP contribution in [0.1, 0.15) is 24.8 Å². The quantitative estimate of drug-likeness (QED) is 0.894. The summed E-state index contributed by atoms with van der Waals surface area (Å²) in [4.78, 5) is 28.6. The molecule has 25 heavy (non-hydrogen) atoms. The highest BCUT2D eigenvalue weighted by Gasteiger charge is 2.58. The lowest BCUT2D eigenvalue weighted by Crippen LogP contribution is -2.44. The van der Waals surface area contributed by atoms with Crippen molar-refractivity contribution in [2.24, 2.45) is 17.3 Å². The van der Waals surface area contributed by atoms with Gasteiger partial charge in [-0.2, -0.15) is 0 Å².